The summed E-state index contributed by atoms with van der Waals surface area (Å²) in [5, 5.41) is 25.2. The Morgan fingerprint density at radius 2 is 2.05 bits per heavy atom. The molecular formula is C12H18N4O2S. The van der Waals surface area contributed by atoms with E-state index in [0.29, 0.717) is 11.8 Å². The Morgan fingerprint density at radius 1 is 1.32 bits per heavy atom. The molecule has 0 saturated heterocycles. The van der Waals surface area contributed by atoms with Gasteiger partial charge < -0.3 is 20.8 Å². The summed E-state index contributed by atoms with van der Waals surface area (Å²) in [4.78, 5) is 10.9. The number of aliphatic hydroxyl groups excluding tert-OH is 2. The third-order valence-corrected chi connectivity index (χ3v) is 3.97. The molecule has 2 rings (SSSR count). The fourth-order valence-corrected chi connectivity index (χ4v) is 2.68. The molecule has 2 aromatic rings. The molecule has 0 amide bonds. The van der Waals surface area contributed by atoms with Crippen LogP contribution in [0, 0.1) is 0 Å². The van der Waals surface area contributed by atoms with Crippen LogP contribution in [0.4, 0.5) is 11.8 Å². The van der Waals surface area contributed by atoms with Gasteiger partial charge in [-0.05, 0) is 12.5 Å². The quantitative estimate of drug-likeness (QED) is 0.633. The molecule has 104 valence electrons. The highest BCUT2D eigenvalue weighted by atomic mass is 32.1. The van der Waals surface area contributed by atoms with Gasteiger partial charge in [-0.3, -0.25) is 0 Å². The summed E-state index contributed by atoms with van der Waals surface area (Å²) in [7, 11) is 1.76. The number of aromatic nitrogens is 2. The number of nitrogens with one attached hydrogen (secondary N) is 2. The first-order chi connectivity index (χ1) is 9.21. The van der Waals surface area contributed by atoms with E-state index < -0.39 is 6.04 Å². The molecule has 0 saturated carbocycles. The number of fused-ring (bicyclic) bond motifs is 1. The molecule has 0 aliphatic carbocycles. The SMILES string of the molecule is CCc1cc2c(NC(CO)CO)nc(NC)nc2s1. The highest BCUT2D eigenvalue weighted by molar-refractivity contribution is 7.18. The predicted molar refractivity (Wildman–Crippen MR) is 77.9 cm³/mol. The molecule has 0 aliphatic rings. The van der Waals surface area contributed by atoms with Gasteiger partial charge in [-0.2, -0.15) is 4.98 Å². The van der Waals surface area contributed by atoms with E-state index in [1.54, 1.807) is 18.4 Å². The van der Waals surface area contributed by atoms with Gasteiger partial charge in [0.2, 0.25) is 5.95 Å². The fourth-order valence-electron chi connectivity index (χ4n) is 1.71. The number of thiophene rings is 1. The number of aryl methyl sites for hydroxylation is 1. The van der Waals surface area contributed by atoms with E-state index in [1.165, 1.54) is 4.88 Å². The summed E-state index contributed by atoms with van der Waals surface area (Å²) >= 11 is 1.63. The van der Waals surface area contributed by atoms with Crippen LogP contribution in [-0.4, -0.2) is 46.5 Å². The van der Waals surface area contributed by atoms with Crippen LogP contribution in [0.25, 0.3) is 10.2 Å². The highest BCUT2D eigenvalue weighted by Crippen LogP contribution is 2.30. The molecule has 0 bridgehead atoms. The minimum atomic E-state index is -0.423. The second-order valence-electron chi connectivity index (χ2n) is 4.14. The average molecular weight is 282 g/mol. The molecule has 0 aromatic carbocycles. The number of anilines is 2. The summed E-state index contributed by atoms with van der Waals surface area (Å²) in [6, 6.07) is 1.63. The van der Waals surface area contributed by atoms with Gasteiger partial charge in [0, 0.05) is 11.9 Å². The van der Waals surface area contributed by atoms with Crippen LogP contribution in [0.3, 0.4) is 0 Å². The van der Waals surface area contributed by atoms with Crippen molar-refractivity contribution in [1.29, 1.82) is 0 Å². The van der Waals surface area contributed by atoms with Gasteiger partial charge in [-0.1, -0.05) is 6.92 Å². The third kappa shape index (κ3) is 2.94. The molecule has 0 spiro atoms. The number of rotatable bonds is 6. The van der Waals surface area contributed by atoms with Gasteiger partial charge in [0.05, 0.1) is 24.6 Å². The molecule has 6 nitrogen and oxygen atoms in total. The Kier molecular flexibility index (Phi) is 4.52. The Balaban J connectivity index is 2.46. The van der Waals surface area contributed by atoms with E-state index >= 15 is 0 Å². The molecule has 0 unspecified atom stereocenters. The maximum Gasteiger partial charge on any atom is 0.225 e. The van der Waals surface area contributed by atoms with E-state index in [9.17, 15) is 0 Å². The first kappa shape index (κ1) is 14.0. The van der Waals surface area contributed by atoms with Crippen LogP contribution in [0.1, 0.15) is 11.8 Å². The zero-order chi connectivity index (χ0) is 13.8. The molecular weight excluding hydrogens is 264 g/mol. The Labute approximate surface area is 115 Å². The molecule has 0 fully saturated rings. The standard InChI is InChI=1S/C12H18N4O2S/c1-3-8-4-9-10(14-7(5-17)6-18)15-12(13-2)16-11(9)19-8/h4,7,17-18H,3,5-6H2,1-2H3,(H2,13,14,15,16). The van der Waals surface area contributed by atoms with E-state index in [2.05, 4.69) is 27.5 Å². The second-order valence-corrected chi connectivity index (χ2v) is 5.25. The monoisotopic (exact) mass is 282 g/mol. The van der Waals surface area contributed by atoms with E-state index in [-0.39, 0.29) is 13.2 Å². The summed E-state index contributed by atoms with van der Waals surface area (Å²) in [5.74, 6) is 1.16. The first-order valence-corrected chi connectivity index (χ1v) is 6.99. The normalized spacial score (nSPS) is 11.2. The fraction of sp³-hybridized carbons (Fsp3) is 0.500. The lowest BCUT2D eigenvalue weighted by molar-refractivity contribution is 0.203. The Hall–Kier alpha value is -1.44. The largest absolute Gasteiger partial charge is 0.394 e. The lowest BCUT2D eigenvalue weighted by Crippen LogP contribution is -2.28. The highest BCUT2D eigenvalue weighted by Gasteiger charge is 2.14. The zero-order valence-corrected chi connectivity index (χ0v) is 11.8. The van der Waals surface area contributed by atoms with Crippen molar-refractivity contribution in [2.75, 3.05) is 30.9 Å². The molecule has 2 heterocycles. The van der Waals surface area contributed by atoms with Crippen LogP contribution in [0.15, 0.2) is 6.07 Å². The smallest absolute Gasteiger partial charge is 0.225 e. The minimum Gasteiger partial charge on any atom is -0.394 e. The van der Waals surface area contributed by atoms with Gasteiger partial charge in [-0.25, -0.2) is 4.98 Å². The van der Waals surface area contributed by atoms with Crippen LogP contribution in [0.2, 0.25) is 0 Å². The van der Waals surface area contributed by atoms with Crippen molar-refractivity contribution in [1.82, 2.24) is 9.97 Å². The van der Waals surface area contributed by atoms with Crippen molar-refractivity contribution in [2.24, 2.45) is 0 Å². The van der Waals surface area contributed by atoms with Crippen molar-refractivity contribution < 1.29 is 10.2 Å². The second kappa shape index (κ2) is 6.14. The molecule has 0 aliphatic heterocycles. The number of hydrogen-bond donors (Lipinski definition) is 4. The van der Waals surface area contributed by atoms with E-state index in [1.807, 2.05) is 6.07 Å². The number of aliphatic hydroxyl groups is 2. The van der Waals surface area contributed by atoms with Gasteiger partial charge in [-0.15, -0.1) is 11.3 Å². The van der Waals surface area contributed by atoms with Crippen molar-refractivity contribution in [3.05, 3.63) is 10.9 Å². The summed E-state index contributed by atoms with van der Waals surface area (Å²) in [5.41, 5.74) is 0. The number of nitrogens with zero attached hydrogens (tertiary/aromatic N) is 2. The van der Waals surface area contributed by atoms with Crippen LogP contribution >= 0.6 is 11.3 Å². The maximum atomic E-state index is 9.16. The van der Waals surface area contributed by atoms with Crippen LogP contribution < -0.4 is 10.6 Å². The van der Waals surface area contributed by atoms with E-state index in [4.69, 9.17) is 10.2 Å². The third-order valence-electron chi connectivity index (χ3n) is 2.80. The summed E-state index contributed by atoms with van der Waals surface area (Å²) in [6.45, 7) is 1.79. The van der Waals surface area contributed by atoms with Crippen molar-refractivity contribution in [3.63, 3.8) is 0 Å². The van der Waals surface area contributed by atoms with Gasteiger partial charge >= 0.3 is 0 Å². The van der Waals surface area contributed by atoms with Crippen LogP contribution in [-0.2, 0) is 6.42 Å². The molecule has 0 radical (unpaired) electrons. The summed E-state index contributed by atoms with van der Waals surface area (Å²) < 4.78 is 0. The molecule has 7 heteroatoms. The van der Waals surface area contributed by atoms with Gasteiger partial charge in [0.1, 0.15) is 10.6 Å². The summed E-state index contributed by atoms with van der Waals surface area (Å²) in [6.07, 6.45) is 0.943. The lowest BCUT2D eigenvalue weighted by Gasteiger charge is -2.15. The van der Waals surface area contributed by atoms with Gasteiger partial charge in [0.25, 0.3) is 0 Å². The first-order valence-electron chi connectivity index (χ1n) is 6.18. The van der Waals surface area contributed by atoms with Crippen molar-refractivity contribution in [2.45, 2.75) is 19.4 Å². The Bertz CT molecular complexity index is 554. The Morgan fingerprint density at radius 3 is 2.63 bits per heavy atom. The number of hydrogen-bond acceptors (Lipinski definition) is 7. The molecule has 0 atom stereocenters. The van der Waals surface area contributed by atoms with Crippen molar-refractivity contribution >= 4 is 33.3 Å². The van der Waals surface area contributed by atoms with Crippen molar-refractivity contribution in [3.8, 4) is 0 Å². The zero-order valence-electron chi connectivity index (χ0n) is 11.0. The molecule has 19 heavy (non-hydrogen) atoms. The maximum absolute atomic E-state index is 9.16. The minimum absolute atomic E-state index is 0.151. The molecule has 4 N–H and O–H groups in total. The lowest BCUT2D eigenvalue weighted by atomic mass is 10.2. The van der Waals surface area contributed by atoms with Crippen LogP contribution in [0.5, 0.6) is 0 Å². The topological polar surface area (TPSA) is 90.3 Å². The van der Waals surface area contributed by atoms with Gasteiger partial charge in [0.15, 0.2) is 0 Å². The molecule has 2 aromatic heterocycles. The predicted octanol–water partition coefficient (Wildman–Crippen LogP) is 1.06. The average Bonchev–Trinajstić information content (AvgIpc) is 2.87. The van der Waals surface area contributed by atoms with E-state index in [0.717, 1.165) is 16.6 Å².